The molecule has 2 rings (SSSR count). The molecule has 0 unspecified atom stereocenters. The Hall–Kier alpha value is -1.06. The third-order valence-electron chi connectivity index (χ3n) is 3.77. The third kappa shape index (κ3) is 3.74. The fourth-order valence-corrected chi connectivity index (χ4v) is 2.55. The Bertz CT molecular complexity index is 474. The van der Waals surface area contributed by atoms with E-state index < -0.39 is 0 Å². The maximum absolute atomic E-state index is 12.1. The number of piperazine rings is 1. The Balaban J connectivity index is 1.90. The van der Waals surface area contributed by atoms with Crippen molar-refractivity contribution in [3.05, 3.63) is 29.3 Å². The summed E-state index contributed by atoms with van der Waals surface area (Å²) in [5, 5.41) is 0.798. The molecule has 0 amide bonds. The summed E-state index contributed by atoms with van der Waals surface area (Å²) in [4.78, 5) is 16.6. The van der Waals surface area contributed by atoms with Gasteiger partial charge in [0.15, 0.2) is 5.78 Å². The van der Waals surface area contributed by atoms with Gasteiger partial charge in [0.1, 0.15) is 0 Å². The van der Waals surface area contributed by atoms with Crippen molar-refractivity contribution < 1.29 is 4.79 Å². The second-order valence-electron chi connectivity index (χ2n) is 6.39. The topological polar surface area (TPSA) is 23.6 Å². The van der Waals surface area contributed by atoms with E-state index in [4.69, 9.17) is 11.6 Å². The number of carbonyl (C=O) groups excluding carboxylic acids is 1. The van der Waals surface area contributed by atoms with Gasteiger partial charge in [0.05, 0.1) is 17.3 Å². The fraction of sp³-hybridized carbons (Fsp3) is 0.562. The molecule has 1 aromatic carbocycles. The molecule has 0 bridgehead atoms. The number of benzene rings is 1. The van der Waals surface area contributed by atoms with Gasteiger partial charge in [0.25, 0.3) is 0 Å². The highest BCUT2D eigenvalue weighted by Gasteiger charge is 2.26. The van der Waals surface area contributed by atoms with E-state index in [0.29, 0.717) is 12.3 Å². The fourth-order valence-electron chi connectivity index (χ4n) is 2.30. The Morgan fingerprint density at radius 3 is 2.30 bits per heavy atom. The lowest BCUT2D eigenvalue weighted by Gasteiger charge is -2.37. The smallest absolute Gasteiger partial charge is 0.152 e. The lowest BCUT2D eigenvalue weighted by molar-refractivity contribution is -0.127. The minimum atomic E-state index is -0.250. The monoisotopic (exact) mass is 294 g/mol. The maximum Gasteiger partial charge on any atom is 0.152 e. The van der Waals surface area contributed by atoms with E-state index in [2.05, 4.69) is 15.9 Å². The summed E-state index contributed by atoms with van der Waals surface area (Å²) in [5.41, 5.74) is 0.843. The number of para-hydroxylation sites is 1. The molecule has 0 spiro atoms. The van der Waals surface area contributed by atoms with Crippen molar-refractivity contribution in [1.82, 2.24) is 4.90 Å². The molecule has 0 saturated carbocycles. The number of ketones is 1. The summed E-state index contributed by atoms with van der Waals surface area (Å²) in [7, 11) is 0. The summed E-state index contributed by atoms with van der Waals surface area (Å²) < 4.78 is 0. The number of nitrogens with zero attached hydrogens (tertiary/aromatic N) is 2. The molecule has 4 heteroatoms. The van der Waals surface area contributed by atoms with E-state index in [1.807, 2.05) is 39.0 Å². The van der Waals surface area contributed by atoms with Crippen LogP contribution in [0, 0.1) is 5.41 Å². The van der Waals surface area contributed by atoms with Gasteiger partial charge in [-0.25, -0.2) is 0 Å². The molecule has 0 N–H and O–H groups in total. The highest BCUT2D eigenvalue weighted by molar-refractivity contribution is 6.33. The van der Waals surface area contributed by atoms with Crippen molar-refractivity contribution in [1.29, 1.82) is 0 Å². The zero-order chi connectivity index (χ0) is 14.8. The van der Waals surface area contributed by atoms with E-state index in [0.717, 1.165) is 36.9 Å². The normalized spacial score (nSPS) is 17.3. The third-order valence-corrected chi connectivity index (χ3v) is 4.09. The number of rotatable bonds is 3. The largest absolute Gasteiger partial charge is 0.368 e. The predicted octanol–water partition coefficient (Wildman–Crippen LogP) is 3.08. The molecule has 1 aliphatic rings. The number of carbonyl (C=O) groups is 1. The standard InChI is InChI=1S/C16H23ClN2O/c1-16(2,3)15(20)12-18-8-10-19(11-9-18)14-7-5-4-6-13(14)17/h4-7H,8-12H2,1-3H3. The minimum absolute atomic E-state index is 0.250. The molecule has 1 aromatic rings. The Kier molecular flexibility index (Phi) is 4.71. The van der Waals surface area contributed by atoms with Crippen LogP contribution in [0.5, 0.6) is 0 Å². The SMILES string of the molecule is CC(C)(C)C(=O)CN1CCN(c2ccccc2Cl)CC1. The number of hydrogen-bond donors (Lipinski definition) is 0. The number of Topliss-reactive ketones (excluding diaryl/α,β-unsaturated/α-hetero) is 1. The molecular formula is C16H23ClN2O. The summed E-state index contributed by atoms with van der Waals surface area (Å²) >= 11 is 6.23. The molecule has 0 aromatic heterocycles. The predicted molar refractivity (Wildman–Crippen MR) is 84.6 cm³/mol. The van der Waals surface area contributed by atoms with Crippen LogP contribution in [0.15, 0.2) is 24.3 Å². The molecular weight excluding hydrogens is 272 g/mol. The van der Waals surface area contributed by atoms with Crippen molar-refractivity contribution in [2.45, 2.75) is 20.8 Å². The van der Waals surface area contributed by atoms with Crippen LogP contribution in [-0.2, 0) is 4.79 Å². The first-order valence-electron chi connectivity index (χ1n) is 7.13. The van der Waals surface area contributed by atoms with Gasteiger partial charge >= 0.3 is 0 Å². The summed E-state index contributed by atoms with van der Waals surface area (Å²) in [6.45, 7) is 10.2. The summed E-state index contributed by atoms with van der Waals surface area (Å²) in [6, 6.07) is 7.94. The van der Waals surface area contributed by atoms with Crippen molar-refractivity contribution in [3.63, 3.8) is 0 Å². The molecule has 3 nitrogen and oxygen atoms in total. The van der Waals surface area contributed by atoms with Crippen LogP contribution in [-0.4, -0.2) is 43.4 Å². The van der Waals surface area contributed by atoms with E-state index in [-0.39, 0.29) is 5.41 Å². The van der Waals surface area contributed by atoms with Gasteiger partial charge in [-0.1, -0.05) is 44.5 Å². The van der Waals surface area contributed by atoms with Gasteiger partial charge in [-0.05, 0) is 12.1 Å². The molecule has 20 heavy (non-hydrogen) atoms. The van der Waals surface area contributed by atoms with Crippen LogP contribution in [0.2, 0.25) is 5.02 Å². The average molecular weight is 295 g/mol. The highest BCUT2D eigenvalue weighted by Crippen LogP contribution is 2.26. The maximum atomic E-state index is 12.1. The van der Waals surface area contributed by atoms with Gasteiger partial charge in [-0.3, -0.25) is 9.69 Å². The van der Waals surface area contributed by atoms with Crippen molar-refractivity contribution in [2.24, 2.45) is 5.41 Å². The molecule has 0 aliphatic carbocycles. The quantitative estimate of drug-likeness (QED) is 0.856. The molecule has 110 valence electrons. The molecule has 1 saturated heterocycles. The van der Waals surface area contributed by atoms with Crippen molar-refractivity contribution in [3.8, 4) is 0 Å². The van der Waals surface area contributed by atoms with Crippen LogP contribution >= 0.6 is 11.6 Å². The number of anilines is 1. The minimum Gasteiger partial charge on any atom is -0.368 e. The Morgan fingerprint density at radius 1 is 1.15 bits per heavy atom. The first kappa shape index (κ1) is 15.3. The lowest BCUT2D eigenvalue weighted by Crippen LogP contribution is -2.49. The van der Waals surface area contributed by atoms with Crippen LogP contribution in [0.4, 0.5) is 5.69 Å². The van der Waals surface area contributed by atoms with Gasteiger partial charge in [0.2, 0.25) is 0 Å². The van der Waals surface area contributed by atoms with Gasteiger partial charge < -0.3 is 4.90 Å². The average Bonchev–Trinajstić information content (AvgIpc) is 2.39. The second kappa shape index (κ2) is 6.15. The Morgan fingerprint density at radius 2 is 1.75 bits per heavy atom. The van der Waals surface area contributed by atoms with Gasteiger partial charge in [-0.15, -0.1) is 0 Å². The highest BCUT2D eigenvalue weighted by atomic mass is 35.5. The second-order valence-corrected chi connectivity index (χ2v) is 6.79. The zero-order valence-corrected chi connectivity index (χ0v) is 13.3. The van der Waals surface area contributed by atoms with E-state index in [9.17, 15) is 4.79 Å². The molecule has 0 atom stereocenters. The lowest BCUT2D eigenvalue weighted by atomic mass is 9.90. The molecule has 0 radical (unpaired) electrons. The van der Waals surface area contributed by atoms with Crippen LogP contribution in [0.1, 0.15) is 20.8 Å². The van der Waals surface area contributed by atoms with Gasteiger partial charge in [0, 0.05) is 31.6 Å². The number of halogens is 1. The van der Waals surface area contributed by atoms with E-state index in [1.54, 1.807) is 0 Å². The van der Waals surface area contributed by atoms with E-state index in [1.165, 1.54) is 0 Å². The van der Waals surface area contributed by atoms with Crippen LogP contribution < -0.4 is 4.90 Å². The van der Waals surface area contributed by atoms with Gasteiger partial charge in [-0.2, -0.15) is 0 Å². The van der Waals surface area contributed by atoms with Crippen LogP contribution in [0.25, 0.3) is 0 Å². The Labute approximate surface area is 126 Å². The number of hydrogen-bond acceptors (Lipinski definition) is 3. The van der Waals surface area contributed by atoms with Crippen LogP contribution in [0.3, 0.4) is 0 Å². The summed E-state index contributed by atoms with van der Waals surface area (Å²) in [6.07, 6.45) is 0. The first-order valence-corrected chi connectivity index (χ1v) is 7.51. The van der Waals surface area contributed by atoms with Crippen molar-refractivity contribution in [2.75, 3.05) is 37.6 Å². The first-order chi connectivity index (χ1) is 9.38. The zero-order valence-electron chi connectivity index (χ0n) is 12.5. The van der Waals surface area contributed by atoms with Crippen molar-refractivity contribution >= 4 is 23.1 Å². The molecule has 1 heterocycles. The molecule has 1 aliphatic heterocycles. The summed E-state index contributed by atoms with van der Waals surface area (Å²) in [5.74, 6) is 0.309. The van der Waals surface area contributed by atoms with E-state index >= 15 is 0 Å². The molecule has 1 fully saturated rings.